The summed E-state index contributed by atoms with van der Waals surface area (Å²) in [5.41, 5.74) is 0. The Bertz CT molecular complexity index is 138. The van der Waals surface area contributed by atoms with Gasteiger partial charge in [-0.05, 0) is 6.42 Å². The lowest BCUT2D eigenvalue weighted by molar-refractivity contribution is 0.600. The van der Waals surface area contributed by atoms with Crippen LogP contribution in [-0.2, 0) is 0 Å². The van der Waals surface area contributed by atoms with Crippen molar-refractivity contribution in [2.24, 2.45) is 0 Å². The highest BCUT2D eigenvalue weighted by molar-refractivity contribution is 6.75. The summed E-state index contributed by atoms with van der Waals surface area (Å²) in [6.07, 6.45) is 4.28. The predicted molar refractivity (Wildman–Crippen MR) is 63.2 cm³/mol. The molecular formula is C8H12Cl5. The molecular weight excluding hydrogens is 273 g/mol. The van der Waals surface area contributed by atoms with Crippen LogP contribution in [0, 0.1) is 6.92 Å². The lowest BCUT2D eigenvalue weighted by atomic mass is 10.1. The summed E-state index contributed by atoms with van der Waals surface area (Å²) in [6.45, 7) is 3.72. The van der Waals surface area contributed by atoms with Gasteiger partial charge in [0.05, 0.1) is 0 Å². The first-order valence-corrected chi connectivity index (χ1v) is 5.94. The van der Waals surface area contributed by atoms with Crippen LogP contribution in [0.15, 0.2) is 0 Å². The lowest BCUT2D eigenvalue weighted by Crippen LogP contribution is -2.30. The smallest absolute Gasteiger partial charge is 0.0969 e. The molecule has 1 radical (unpaired) electrons. The summed E-state index contributed by atoms with van der Waals surface area (Å²) < 4.78 is -2.92. The molecule has 0 aromatic carbocycles. The number of hydrogen-bond donors (Lipinski definition) is 0. The highest BCUT2D eigenvalue weighted by atomic mass is 35.6. The highest BCUT2D eigenvalue weighted by Gasteiger charge is 2.44. The maximum atomic E-state index is 5.85. The summed E-state index contributed by atoms with van der Waals surface area (Å²) in [5, 5.41) is 0. The minimum absolute atomic E-state index is 0.479. The van der Waals surface area contributed by atoms with Gasteiger partial charge in [0, 0.05) is 0 Å². The second-order valence-electron chi connectivity index (χ2n) is 2.87. The van der Waals surface area contributed by atoms with E-state index in [1.807, 2.05) is 0 Å². The average Bonchev–Trinajstić information content (AvgIpc) is 1.96. The van der Waals surface area contributed by atoms with Crippen LogP contribution in [0.5, 0.6) is 0 Å². The van der Waals surface area contributed by atoms with Crippen molar-refractivity contribution in [2.45, 2.75) is 40.2 Å². The molecule has 0 atom stereocenters. The molecule has 5 heteroatoms. The van der Waals surface area contributed by atoms with E-state index >= 15 is 0 Å². The molecule has 0 aromatic rings. The van der Waals surface area contributed by atoms with E-state index in [0.717, 1.165) is 25.7 Å². The molecule has 0 heterocycles. The molecule has 0 fully saturated rings. The van der Waals surface area contributed by atoms with Gasteiger partial charge in [0.15, 0.2) is 4.33 Å². The normalized spacial score (nSPS) is 13.4. The SMILES string of the molecule is [CH2]CCCCCC(Cl)(Cl)C(Cl)(Cl)Cl. The maximum Gasteiger partial charge on any atom is 0.223 e. The van der Waals surface area contributed by atoms with Gasteiger partial charge in [0.25, 0.3) is 0 Å². The van der Waals surface area contributed by atoms with Crippen molar-refractivity contribution in [3.63, 3.8) is 0 Å². The number of hydrogen-bond acceptors (Lipinski definition) is 0. The van der Waals surface area contributed by atoms with Crippen molar-refractivity contribution in [2.75, 3.05) is 0 Å². The van der Waals surface area contributed by atoms with E-state index in [1.54, 1.807) is 0 Å². The molecule has 0 aliphatic carbocycles. The zero-order valence-corrected chi connectivity index (χ0v) is 10.9. The van der Waals surface area contributed by atoms with Crippen LogP contribution in [0.2, 0.25) is 0 Å². The van der Waals surface area contributed by atoms with E-state index in [9.17, 15) is 0 Å². The molecule has 0 N–H and O–H groups in total. The number of alkyl halides is 5. The van der Waals surface area contributed by atoms with E-state index in [-0.39, 0.29) is 0 Å². The van der Waals surface area contributed by atoms with Gasteiger partial charge < -0.3 is 0 Å². The van der Waals surface area contributed by atoms with Crippen LogP contribution in [0.4, 0.5) is 0 Å². The first kappa shape index (κ1) is 14.5. The molecule has 0 aliphatic rings. The number of unbranched alkanes of at least 4 members (excludes halogenated alkanes) is 3. The van der Waals surface area contributed by atoms with Crippen LogP contribution >= 0.6 is 58.0 Å². The summed E-state index contributed by atoms with van der Waals surface area (Å²) in [4.78, 5) is 0. The second kappa shape index (κ2) is 6.12. The Hall–Kier alpha value is 1.45. The number of halogens is 5. The quantitative estimate of drug-likeness (QED) is 0.474. The van der Waals surface area contributed by atoms with E-state index in [0.29, 0.717) is 6.42 Å². The van der Waals surface area contributed by atoms with Gasteiger partial charge in [0.1, 0.15) is 0 Å². The molecule has 0 saturated carbocycles. The summed E-state index contributed by atoms with van der Waals surface area (Å²) >= 11 is 28.5. The summed E-state index contributed by atoms with van der Waals surface area (Å²) in [5.74, 6) is 0. The van der Waals surface area contributed by atoms with E-state index in [4.69, 9.17) is 58.0 Å². The van der Waals surface area contributed by atoms with Gasteiger partial charge in [-0.25, -0.2) is 0 Å². The van der Waals surface area contributed by atoms with Gasteiger partial charge in [-0.3, -0.25) is 0 Å². The van der Waals surface area contributed by atoms with Crippen molar-refractivity contribution >= 4 is 58.0 Å². The highest BCUT2D eigenvalue weighted by Crippen LogP contribution is 2.48. The predicted octanol–water partition coefficient (Wildman–Crippen LogP) is 5.32. The third kappa shape index (κ3) is 5.79. The standard InChI is InChI=1S/C8H12Cl5/c1-2-3-4-5-6-7(9,10)8(11,12)13/h1-6H2. The van der Waals surface area contributed by atoms with Crippen molar-refractivity contribution in [1.29, 1.82) is 0 Å². The summed E-state index contributed by atoms with van der Waals surface area (Å²) in [6, 6.07) is 0. The molecule has 0 spiro atoms. The van der Waals surface area contributed by atoms with Crippen LogP contribution in [0.3, 0.4) is 0 Å². The first-order valence-electron chi connectivity index (χ1n) is 4.05. The lowest BCUT2D eigenvalue weighted by Gasteiger charge is -2.27. The molecule has 0 rings (SSSR count). The fourth-order valence-corrected chi connectivity index (χ4v) is 1.39. The first-order chi connectivity index (χ1) is 5.81. The van der Waals surface area contributed by atoms with Gasteiger partial charge in [-0.15, -0.1) is 0 Å². The molecule has 0 unspecified atom stereocenters. The third-order valence-electron chi connectivity index (χ3n) is 1.66. The molecule has 13 heavy (non-hydrogen) atoms. The maximum absolute atomic E-state index is 5.85. The van der Waals surface area contributed by atoms with E-state index < -0.39 is 8.13 Å². The Kier molecular flexibility index (Phi) is 6.81. The average molecular weight is 285 g/mol. The molecule has 0 saturated heterocycles. The Morgan fingerprint density at radius 1 is 0.846 bits per heavy atom. The number of rotatable bonds is 5. The zero-order valence-electron chi connectivity index (χ0n) is 7.13. The van der Waals surface area contributed by atoms with E-state index in [2.05, 4.69) is 6.92 Å². The Labute approximate surface area is 105 Å². The van der Waals surface area contributed by atoms with Gasteiger partial charge in [0.2, 0.25) is 3.79 Å². The molecule has 0 amide bonds. The minimum Gasteiger partial charge on any atom is -0.0969 e. The fraction of sp³-hybridized carbons (Fsp3) is 0.875. The fourth-order valence-electron chi connectivity index (χ4n) is 0.842. The second-order valence-corrected chi connectivity index (χ2v) is 6.63. The van der Waals surface area contributed by atoms with Gasteiger partial charge in [-0.1, -0.05) is 90.6 Å². The molecule has 0 bridgehead atoms. The Morgan fingerprint density at radius 2 is 1.38 bits per heavy atom. The van der Waals surface area contributed by atoms with E-state index in [1.165, 1.54) is 0 Å². The largest absolute Gasteiger partial charge is 0.223 e. The van der Waals surface area contributed by atoms with Crippen molar-refractivity contribution in [3.8, 4) is 0 Å². The monoisotopic (exact) mass is 283 g/mol. The molecule has 0 aromatic heterocycles. The van der Waals surface area contributed by atoms with Crippen LogP contribution < -0.4 is 0 Å². The van der Waals surface area contributed by atoms with Crippen molar-refractivity contribution < 1.29 is 0 Å². The Morgan fingerprint density at radius 3 is 1.77 bits per heavy atom. The Balaban J connectivity index is 3.77. The minimum atomic E-state index is -1.62. The molecule has 0 nitrogen and oxygen atoms in total. The zero-order chi connectivity index (χ0) is 10.5. The van der Waals surface area contributed by atoms with Crippen molar-refractivity contribution in [1.82, 2.24) is 0 Å². The topological polar surface area (TPSA) is 0 Å². The molecule has 0 aliphatic heterocycles. The molecule has 79 valence electrons. The van der Waals surface area contributed by atoms with Gasteiger partial charge in [-0.2, -0.15) is 0 Å². The summed E-state index contributed by atoms with van der Waals surface area (Å²) in [7, 11) is 0. The third-order valence-corrected chi connectivity index (χ3v) is 4.15. The van der Waals surface area contributed by atoms with Crippen LogP contribution in [0.1, 0.15) is 32.1 Å². The van der Waals surface area contributed by atoms with Crippen LogP contribution in [0.25, 0.3) is 0 Å². The van der Waals surface area contributed by atoms with Crippen LogP contribution in [-0.4, -0.2) is 8.13 Å². The van der Waals surface area contributed by atoms with Crippen molar-refractivity contribution in [3.05, 3.63) is 6.92 Å². The van der Waals surface area contributed by atoms with Gasteiger partial charge >= 0.3 is 0 Å².